The third kappa shape index (κ3) is 3.04. The quantitative estimate of drug-likeness (QED) is 0.901. The van der Waals surface area contributed by atoms with E-state index in [4.69, 9.17) is 5.73 Å². The Morgan fingerprint density at radius 2 is 1.90 bits per heavy atom. The fraction of sp³-hybridized carbons (Fsp3) is 0.588. The van der Waals surface area contributed by atoms with E-state index in [1.165, 1.54) is 5.56 Å². The van der Waals surface area contributed by atoms with Gasteiger partial charge in [-0.3, -0.25) is 4.79 Å². The molecule has 0 aliphatic carbocycles. The highest BCUT2D eigenvalue weighted by Crippen LogP contribution is 2.33. The molecule has 2 unspecified atom stereocenters. The second kappa shape index (κ2) is 5.57. The van der Waals surface area contributed by atoms with Crippen molar-refractivity contribution in [1.29, 1.82) is 0 Å². The average Bonchev–Trinajstić information content (AvgIpc) is 2.79. The second-order valence-electron chi connectivity index (χ2n) is 7.03. The van der Waals surface area contributed by atoms with Crippen molar-refractivity contribution in [3.05, 3.63) is 35.9 Å². The van der Waals surface area contributed by atoms with Gasteiger partial charge in [-0.25, -0.2) is 0 Å². The lowest BCUT2D eigenvalue weighted by Crippen LogP contribution is -2.51. The van der Waals surface area contributed by atoms with E-state index >= 15 is 0 Å². The van der Waals surface area contributed by atoms with E-state index < -0.39 is 6.04 Å². The van der Waals surface area contributed by atoms with Crippen LogP contribution in [0.1, 0.15) is 45.6 Å². The second-order valence-corrected chi connectivity index (χ2v) is 7.03. The van der Waals surface area contributed by atoms with Crippen LogP contribution >= 0.6 is 0 Å². The molecule has 1 amide bonds. The van der Waals surface area contributed by atoms with Crippen LogP contribution in [0.5, 0.6) is 0 Å². The van der Waals surface area contributed by atoms with Gasteiger partial charge in [-0.15, -0.1) is 0 Å². The van der Waals surface area contributed by atoms with Crippen LogP contribution in [0.4, 0.5) is 0 Å². The summed E-state index contributed by atoms with van der Waals surface area (Å²) >= 11 is 0. The molecular weight excluding hydrogens is 248 g/mol. The van der Waals surface area contributed by atoms with Crippen LogP contribution in [0.15, 0.2) is 30.3 Å². The molecule has 0 saturated carbocycles. The molecule has 0 spiro atoms. The van der Waals surface area contributed by atoms with Crippen molar-refractivity contribution in [2.24, 2.45) is 11.1 Å². The summed E-state index contributed by atoms with van der Waals surface area (Å²) in [7, 11) is 0. The number of likely N-dealkylation sites (tertiary alicyclic amines) is 1. The molecule has 0 bridgehead atoms. The van der Waals surface area contributed by atoms with E-state index in [1.54, 1.807) is 0 Å². The molecule has 2 N–H and O–H groups in total. The molecule has 1 aliphatic heterocycles. The van der Waals surface area contributed by atoms with Gasteiger partial charge in [0.05, 0.1) is 6.04 Å². The maximum Gasteiger partial charge on any atom is 0.240 e. The van der Waals surface area contributed by atoms with Gasteiger partial charge in [-0.1, -0.05) is 51.1 Å². The van der Waals surface area contributed by atoms with E-state index in [0.717, 1.165) is 13.0 Å². The number of nitrogens with two attached hydrogens (primary N) is 1. The van der Waals surface area contributed by atoms with Crippen LogP contribution in [-0.2, 0) is 4.79 Å². The predicted octanol–water partition coefficient (Wildman–Crippen LogP) is 2.76. The van der Waals surface area contributed by atoms with Crippen LogP contribution in [0.25, 0.3) is 0 Å². The van der Waals surface area contributed by atoms with Gasteiger partial charge < -0.3 is 10.6 Å². The lowest BCUT2D eigenvalue weighted by molar-refractivity contribution is -0.135. The van der Waals surface area contributed by atoms with Gasteiger partial charge in [0.25, 0.3) is 0 Å². The Hall–Kier alpha value is -1.35. The average molecular weight is 274 g/mol. The fourth-order valence-corrected chi connectivity index (χ4v) is 2.85. The van der Waals surface area contributed by atoms with Gasteiger partial charge in [-0.05, 0) is 24.3 Å². The lowest BCUT2D eigenvalue weighted by Gasteiger charge is -2.32. The summed E-state index contributed by atoms with van der Waals surface area (Å²) in [5.74, 6) is 0.519. The van der Waals surface area contributed by atoms with Crippen molar-refractivity contribution >= 4 is 5.91 Å². The van der Waals surface area contributed by atoms with Crippen molar-refractivity contribution < 1.29 is 4.79 Å². The number of amides is 1. The summed E-state index contributed by atoms with van der Waals surface area (Å²) in [6.07, 6.45) is 1.02. The van der Waals surface area contributed by atoms with E-state index in [9.17, 15) is 4.79 Å². The molecule has 1 aromatic rings. The largest absolute Gasteiger partial charge is 0.338 e. The maximum atomic E-state index is 12.6. The SMILES string of the molecule is CC1CC(c2ccccc2)CN1C(=O)[C@@H](N)C(C)(C)C. The minimum absolute atomic E-state index is 0.0865. The number of nitrogens with zero attached hydrogens (tertiary/aromatic N) is 1. The molecule has 2 rings (SSSR count). The summed E-state index contributed by atoms with van der Waals surface area (Å²) < 4.78 is 0. The van der Waals surface area contributed by atoms with Crippen LogP contribution < -0.4 is 5.73 Å². The molecule has 1 heterocycles. The maximum absolute atomic E-state index is 12.6. The van der Waals surface area contributed by atoms with Gasteiger partial charge in [0.2, 0.25) is 5.91 Å². The molecule has 1 aliphatic rings. The molecule has 3 heteroatoms. The van der Waals surface area contributed by atoms with Crippen molar-refractivity contribution in [3.8, 4) is 0 Å². The third-order valence-electron chi connectivity index (χ3n) is 4.33. The Bertz CT molecular complexity index is 464. The Labute approximate surface area is 122 Å². The monoisotopic (exact) mass is 274 g/mol. The molecule has 3 atom stereocenters. The van der Waals surface area contributed by atoms with E-state index in [0.29, 0.717) is 5.92 Å². The molecule has 0 radical (unpaired) electrons. The fourth-order valence-electron chi connectivity index (χ4n) is 2.85. The smallest absolute Gasteiger partial charge is 0.240 e. The number of benzene rings is 1. The first-order chi connectivity index (χ1) is 9.30. The zero-order chi connectivity index (χ0) is 14.9. The standard InChI is InChI=1S/C17H26N2O/c1-12-10-14(13-8-6-5-7-9-13)11-19(12)16(20)15(18)17(2,3)4/h5-9,12,14-15H,10-11,18H2,1-4H3/t12?,14?,15-/m1/s1. The van der Waals surface area contributed by atoms with Crippen molar-refractivity contribution in [2.45, 2.75) is 52.1 Å². The normalized spacial score (nSPS) is 24.8. The van der Waals surface area contributed by atoms with Crippen LogP contribution in [0.3, 0.4) is 0 Å². The summed E-state index contributed by atoms with van der Waals surface area (Å²) in [5, 5.41) is 0. The minimum Gasteiger partial charge on any atom is -0.338 e. The Balaban J connectivity index is 2.10. The number of carbonyl (C=O) groups excluding carboxylic acids is 1. The first-order valence-electron chi connectivity index (χ1n) is 7.41. The van der Waals surface area contributed by atoms with E-state index in [2.05, 4.69) is 31.2 Å². The highest BCUT2D eigenvalue weighted by atomic mass is 16.2. The van der Waals surface area contributed by atoms with Crippen LogP contribution in [0, 0.1) is 5.41 Å². The zero-order valence-corrected chi connectivity index (χ0v) is 13.0. The summed E-state index contributed by atoms with van der Waals surface area (Å²) in [6, 6.07) is 10.3. The molecule has 110 valence electrons. The topological polar surface area (TPSA) is 46.3 Å². The number of hydrogen-bond donors (Lipinski definition) is 1. The van der Waals surface area contributed by atoms with Gasteiger partial charge in [0.1, 0.15) is 0 Å². The first-order valence-corrected chi connectivity index (χ1v) is 7.41. The molecule has 20 heavy (non-hydrogen) atoms. The zero-order valence-electron chi connectivity index (χ0n) is 13.0. The van der Waals surface area contributed by atoms with Crippen molar-refractivity contribution in [1.82, 2.24) is 4.90 Å². The predicted molar refractivity (Wildman–Crippen MR) is 82.4 cm³/mol. The Morgan fingerprint density at radius 3 is 2.45 bits per heavy atom. The van der Waals surface area contributed by atoms with Gasteiger partial charge in [-0.2, -0.15) is 0 Å². The van der Waals surface area contributed by atoms with Crippen molar-refractivity contribution in [2.75, 3.05) is 6.54 Å². The summed E-state index contributed by atoms with van der Waals surface area (Å²) in [4.78, 5) is 14.5. The number of carbonyl (C=O) groups is 1. The lowest BCUT2D eigenvalue weighted by atomic mass is 9.86. The molecule has 1 saturated heterocycles. The summed E-state index contributed by atoms with van der Waals surface area (Å²) in [6.45, 7) is 8.96. The minimum atomic E-state index is -0.431. The molecule has 1 fully saturated rings. The number of rotatable bonds is 2. The van der Waals surface area contributed by atoms with Gasteiger partial charge in [0, 0.05) is 18.5 Å². The van der Waals surface area contributed by atoms with Crippen LogP contribution in [-0.4, -0.2) is 29.4 Å². The van der Waals surface area contributed by atoms with E-state index in [1.807, 2.05) is 31.7 Å². The van der Waals surface area contributed by atoms with Crippen LogP contribution in [0.2, 0.25) is 0 Å². The first kappa shape index (κ1) is 15.0. The van der Waals surface area contributed by atoms with Gasteiger partial charge in [0.15, 0.2) is 0 Å². The summed E-state index contributed by atoms with van der Waals surface area (Å²) in [5.41, 5.74) is 7.25. The Kier molecular flexibility index (Phi) is 4.19. The van der Waals surface area contributed by atoms with Gasteiger partial charge >= 0.3 is 0 Å². The van der Waals surface area contributed by atoms with Crippen molar-refractivity contribution in [3.63, 3.8) is 0 Å². The highest BCUT2D eigenvalue weighted by molar-refractivity contribution is 5.83. The van der Waals surface area contributed by atoms with E-state index in [-0.39, 0.29) is 17.4 Å². The molecule has 1 aromatic carbocycles. The molecule has 0 aromatic heterocycles. The highest BCUT2D eigenvalue weighted by Gasteiger charge is 2.38. The molecule has 3 nitrogen and oxygen atoms in total. The molecular formula is C17H26N2O. The Morgan fingerprint density at radius 1 is 1.30 bits per heavy atom. The number of hydrogen-bond acceptors (Lipinski definition) is 2. The third-order valence-corrected chi connectivity index (χ3v) is 4.33.